The lowest BCUT2D eigenvalue weighted by Gasteiger charge is -2.42. The van der Waals surface area contributed by atoms with Crippen molar-refractivity contribution >= 4 is 17.5 Å². The van der Waals surface area contributed by atoms with Crippen molar-refractivity contribution in [3.63, 3.8) is 0 Å². The van der Waals surface area contributed by atoms with Crippen molar-refractivity contribution in [3.8, 4) is 5.75 Å². The van der Waals surface area contributed by atoms with Gasteiger partial charge in [-0.1, -0.05) is 23.7 Å². The third-order valence-corrected chi connectivity index (χ3v) is 3.51. The van der Waals surface area contributed by atoms with Crippen molar-refractivity contribution < 1.29 is 9.53 Å². The van der Waals surface area contributed by atoms with Gasteiger partial charge < -0.3 is 10.1 Å². The number of amides is 1. The van der Waals surface area contributed by atoms with Gasteiger partial charge in [0.2, 0.25) is 0 Å². The van der Waals surface area contributed by atoms with Gasteiger partial charge in [-0.05, 0) is 26.0 Å². The molecule has 4 nitrogen and oxygen atoms in total. The van der Waals surface area contributed by atoms with Gasteiger partial charge in [-0.2, -0.15) is 0 Å². The summed E-state index contributed by atoms with van der Waals surface area (Å²) in [5, 5.41) is 3.46. The number of hydrogen-bond acceptors (Lipinski definition) is 3. The highest BCUT2D eigenvalue weighted by atomic mass is 35.5. The Bertz CT molecular complexity index is 445. The molecule has 0 atom stereocenters. The SMILES string of the molecule is CC(C)N1CC(NC(=O)COc2ccccc2Cl)C1. The van der Waals surface area contributed by atoms with Crippen LogP contribution in [0.3, 0.4) is 0 Å². The Hall–Kier alpha value is -1.26. The van der Waals surface area contributed by atoms with E-state index in [0.717, 1.165) is 13.1 Å². The van der Waals surface area contributed by atoms with Crippen molar-refractivity contribution in [2.45, 2.75) is 25.9 Å². The summed E-state index contributed by atoms with van der Waals surface area (Å²) in [5.74, 6) is 0.435. The molecule has 0 bridgehead atoms. The zero-order valence-electron chi connectivity index (χ0n) is 11.2. The first-order valence-electron chi connectivity index (χ1n) is 6.47. The van der Waals surface area contributed by atoms with Crippen LogP contribution in [0.15, 0.2) is 24.3 Å². The highest BCUT2D eigenvalue weighted by molar-refractivity contribution is 6.32. The Morgan fingerprint density at radius 1 is 1.47 bits per heavy atom. The Morgan fingerprint density at radius 2 is 2.16 bits per heavy atom. The first kappa shape index (κ1) is 14.2. The molecule has 1 aromatic rings. The molecule has 1 aliphatic rings. The highest BCUT2D eigenvalue weighted by Gasteiger charge is 2.29. The van der Waals surface area contributed by atoms with Gasteiger partial charge >= 0.3 is 0 Å². The summed E-state index contributed by atoms with van der Waals surface area (Å²) in [7, 11) is 0. The molecule has 1 heterocycles. The number of rotatable bonds is 5. The molecular formula is C14H19ClN2O2. The summed E-state index contributed by atoms with van der Waals surface area (Å²) in [6.07, 6.45) is 0. The summed E-state index contributed by atoms with van der Waals surface area (Å²) in [6.45, 7) is 6.13. The third-order valence-electron chi connectivity index (χ3n) is 3.20. The molecule has 1 fully saturated rings. The van der Waals surface area contributed by atoms with Crippen LogP contribution in [0.25, 0.3) is 0 Å². The Kier molecular flexibility index (Phi) is 4.66. The van der Waals surface area contributed by atoms with Crippen LogP contribution in [0.5, 0.6) is 5.75 Å². The van der Waals surface area contributed by atoms with Gasteiger partial charge in [0, 0.05) is 19.1 Å². The molecule has 0 spiro atoms. The predicted molar refractivity (Wildman–Crippen MR) is 75.6 cm³/mol. The molecule has 1 saturated heterocycles. The first-order valence-corrected chi connectivity index (χ1v) is 6.85. The lowest BCUT2D eigenvalue weighted by Crippen LogP contribution is -2.61. The molecule has 0 unspecified atom stereocenters. The maximum absolute atomic E-state index is 11.7. The zero-order valence-corrected chi connectivity index (χ0v) is 12.0. The minimum atomic E-state index is -0.103. The van der Waals surface area contributed by atoms with Crippen LogP contribution in [0.4, 0.5) is 0 Å². The van der Waals surface area contributed by atoms with E-state index in [0.29, 0.717) is 16.8 Å². The zero-order chi connectivity index (χ0) is 13.8. The summed E-state index contributed by atoms with van der Waals surface area (Å²) in [5.41, 5.74) is 0. The second-order valence-corrected chi connectivity index (χ2v) is 5.44. The minimum absolute atomic E-state index is 0.00190. The summed E-state index contributed by atoms with van der Waals surface area (Å²) < 4.78 is 5.38. The maximum Gasteiger partial charge on any atom is 0.258 e. The van der Waals surface area contributed by atoms with Crippen LogP contribution in [0.1, 0.15) is 13.8 Å². The van der Waals surface area contributed by atoms with Gasteiger partial charge in [-0.25, -0.2) is 0 Å². The standard InChI is InChI=1S/C14H19ClN2O2/c1-10(2)17-7-11(8-17)16-14(18)9-19-13-6-4-3-5-12(13)15/h3-6,10-11H,7-9H2,1-2H3,(H,16,18). The molecule has 104 valence electrons. The van der Waals surface area contributed by atoms with E-state index in [1.165, 1.54) is 0 Å². The van der Waals surface area contributed by atoms with Crippen molar-refractivity contribution in [2.24, 2.45) is 0 Å². The maximum atomic E-state index is 11.7. The number of halogens is 1. The fourth-order valence-corrected chi connectivity index (χ4v) is 2.19. The number of nitrogens with zero attached hydrogens (tertiary/aromatic N) is 1. The summed E-state index contributed by atoms with van der Waals surface area (Å²) in [4.78, 5) is 14.0. The van der Waals surface area contributed by atoms with Crippen molar-refractivity contribution in [3.05, 3.63) is 29.3 Å². The molecule has 0 radical (unpaired) electrons. The van der Waals surface area contributed by atoms with Gasteiger partial charge in [-0.3, -0.25) is 9.69 Å². The van der Waals surface area contributed by atoms with E-state index in [-0.39, 0.29) is 18.6 Å². The Labute approximate surface area is 118 Å². The normalized spacial score (nSPS) is 16.2. The van der Waals surface area contributed by atoms with Crippen LogP contribution < -0.4 is 10.1 Å². The summed E-state index contributed by atoms with van der Waals surface area (Å²) in [6, 6.07) is 7.91. The van der Waals surface area contributed by atoms with Gasteiger partial charge in [0.15, 0.2) is 6.61 Å². The van der Waals surface area contributed by atoms with E-state index in [4.69, 9.17) is 16.3 Å². The fraction of sp³-hybridized carbons (Fsp3) is 0.500. The fourth-order valence-electron chi connectivity index (χ4n) is 2.00. The van der Waals surface area contributed by atoms with E-state index in [2.05, 4.69) is 24.1 Å². The molecule has 2 rings (SSSR count). The average molecular weight is 283 g/mol. The Morgan fingerprint density at radius 3 is 2.79 bits per heavy atom. The molecule has 19 heavy (non-hydrogen) atoms. The topological polar surface area (TPSA) is 41.6 Å². The van der Waals surface area contributed by atoms with E-state index < -0.39 is 0 Å². The second-order valence-electron chi connectivity index (χ2n) is 5.03. The number of para-hydroxylation sites is 1. The Balaban J connectivity index is 1.70. The van der Waals surface area contributed by atoms with Crippen molar-refractivity contribution in [1.29, 1.82) is 0 Å². The second kappa shape index (κ2) is 6.26. The van der Waals surface area contributed by atoms with Gasteiger partial charge in [-0.15, -0.1) is 0 Å². The third kappa shape index (κ3) is 3.85. The number of hydrogen-bond donors (Lipinski definition) is 1. The number of carbonyl (C=O) groups is 1. The largest absolute Gasteiger partial charge is 0.482 e. The van der Waals surface area contributed by atoms with E-state index in [1.54, 1.807) is 12.1 Å². The molecular weight excluding hydrogens is 264 g/mol. The number of carbonyl (C=O) groups excluding carboxylic acids is 1. The van der Waals surface area contributed by atoms with Gasteiger partial charge in [0.1, 0.15) is 5.75 Å². The van der Waals surface area contributed by atoms with Crippen LogP contribution in [0.2, 0.25) is 5.02 Å². The minimum Gasteiger partial charge on any atom is -0.482 e. The van der Waals surface area contributed by atoms with Crippen molar-refractivity contribution in [1.82, 2.24) is 10.2 Å². The summed E-state index contributed by atoms with van der Waals surface area (Å²) >= 11 is 5.94. The highest BCUT2D eigenvalue weighted by Crippen LogP contribution is 2.22. The quantitative estimate of drug-likeness (QED) is 0.897. The predicted octanol–water partition coefficient (Wildman–Crippen LogP) is 1.93. The van der Waals surface area contributed by atoms with Gasteiger partial charge in [0.05, 0.1) is 11.1 Å². The lowest BCUT2D eigenvalue weighted by atomic mass is 10.1. The molecule has 1 N–H and O–H groups in total. The van der Waals surface area contributed by atoms with E-state index in [1.807, 2.05) is 12.1 Å². The van der Waals surface area contributed by atoms with Crippen LogP contribution in [-0.4, -0.2) is 42.6 Å². The molecule has 0 aliphatic carbocycles. The monoisotopic (exact) mass is 282 g/mol. The molecule has 1 aromatic carbocycles. The number of ether oxygens (including phenoxy) is 1. The molecule has 0 saturated carbocycles. The molecule has 1 amide bonds. The number of likely N-dealkylation sites (tertiary alicyclic amines) is 1. The van der Waals surface area contributed by atoms with Crippen LogP contribution >= 0.6 is 11.6 Å². The lowest BCUT2D eigenvalue weighted by molar-refractivity contribution is -0.125. The smallest absolute Gasteiger partial charge is 0.258 e. The van der Waals surface area contributed by atoms with Crippen LogP contribution in [0, 0.1) is 0 Å². The van der Waals surface area contributed by atoms with E-state index >= 15 is 0 Å². The van der Waals surface area contributed by atoms with Crippen LogP contribution in [-0.2, 0) is 4.79 Å². The molecule has 1 aliphatic heterocycles. The number of nitrogens with one attached hydrogen (secondary N) is 1. The number of benzene rings is 1. The molecule has 5 heteroatoms. The van der Waals surface area contributed by atoms with Crippen molar-refractivity contribution in [2.75, 3.05) is 19.7 Å². The first-order chi connectivity index (χ1) is 9.06. The average Bonchev–Trinajstić information content (AvgIpc) is 2.31. The molecule has 0 aromatic heterocycles. The van der Waals surface area contributed by atoms with E-state index in [9.17, 15) is 4.79 Å². The van der Waals surface area contributed by atoms with Gasteiger partial charge in [0.25, 0.3) is 5.91 Å².